The van der Waals surface area contributed by atoms with Crippen LogP contribution in [-0.4, -0.2) is 0 Å². The highest BCUT2D eigenvalue weighted by molar-refractivity contribution is 5.14. The van der Waals surface area contributed by atoms with E-state index in [0.29, 0.717) is 0 Å². The minimum Gasteiger partial charge on any atom is -0.0651 e. The SMILES string of the molecule is CCC1CCC2C(C1)C1C(C)C21. The molecule has 0 saturated heterocycles. The fraction of sp³-hybridized carbons (Fsp3) is 1.00. The van der Waals surface area contributed by atoms with E-state index >= 15 is 0 Å². The first-order valence-corrected chi connectivity index (χ1v) is 5.83. The molecular weight excluding hydrogens is 144 g/mol. The summed E-state index contributed by atoms with van der Waals surface area (Å²) >= 11 is 0. The summed E-state index contributed by atoms with van der Waals surface area (Å²) in [5, 5.41) is 0. The lowest BCUT2D eigenvalue weighted by atomic mass is 9.62. The van der Waals surface area contributed by atoms with E-state index in [9.17, 15) is 0 Å². The van der Waals surface area contributed by atoms with Crippen molar-refractivity contribution in [3.05, 3.63) is 0 Å². The van der Waals surface area contributed by atoms with Crippen LogP contribution in [0, 0.1) is 35.5 Å². The molecule has 6 atom stereocenters. The molecule has 3 rings (SSSR count). The molecule has 6 unspecified atom stereocenters. The Balaban J connectivity index is 1.68. The van der Waals surface area contributed by atoms with Crippen molar-refractivity contribution in [3.8, 4) is 0 Å². The van der Waals surface area contributed by atoms with Gasteiger partial charge >= 0.3 is 0 Å². The maximum Gasteiger partial charge on any atom is -0.0321 e. The van der Waals surface area contributed by atoms with Gasteiger partial charge in [-0.25, -0.2) is 0 Å². The van der Waals surface area contributed by atoms with Gasteiger partial charge in [0.2, 0.25) is 0 Å². The molecule has 3 fully saturated rings. The van der Waals surface area contributed by atoms with Crippen molar-refractivity contribution in [1.82, 2.24) is 0 Å². The Hall–Kier alpha value is 0. The van der Waals surface area contributed by atoms with E-state index < -0.39 is 0 Å². The average Bonchev–Trinajstić information content (AvgIpc) is 2.65. The lowest BCUT2D eigenvalue weighted by Crippen LogP contribution is -2.35. The Kier molecular flexibility index (Phi) is 1.40. The first-order valence-electron chi connectivity index (χ1n) is 5.83. The fourth-order valence-corrected chi connectivity index (χ4v) is 4.34. The molecular formula is C12H20. The third kappa shape index (κ3) is 0.744. The molecule has 0 heteroatoms. The number of rotatable bonds is 1. The summed E-state index contributed by atoms with van der Waals surface area (Å²) < 4.78 is 0. The lowest BCUT2D eigenvalue weighted by molar-refractivity contribution is 0.0630. The molecule has 0 N–H and O–H groups in total. The second kappa shape index (κ2) is 2.27. The van der Waals surface area contributed by atoms with Crippen LogP contribution in [0.1, 0.15) is 39.5 Å². The number of fused-ring (bicyclic) bond motifs is 4. The summed E-state index contributed by atoms with van der Waals surface area (Å²) in [5.41, 5.74) is 0. The molecule has 12 heavy (non-hydrogen) atoms. The van der Waals surface area contributed by atoms with Crippen LogP contribution in [0.3, 0.4) is 0 Å². The molecule has 0 aliphatic heterocycles. The highest BCUT2D eigenvalue weighted by Gasteiger charge is 2.66. The zero-order chi connectivity index (χ0) is 8.29. The van der Waals surface area contributed by atoms with E-state index in [-0.39, 0.29) is 0 Å². The van der Waals surface area contributed by atoms with Crippen LogP contribution in [0.2, 0.25) is 0 Å². The van der Waals surface area contributed by atoms with E-state index in [0.717, 1.165) is 11.8 Å². The Morgan fingerprint density at radius 1 is 1.08 bits per heavy atom. The van der Waals surface area contributed by atoms with Crippen LogP contribution < -0.4 is 0 Å². The normalized spacial score (nSPS) is 61.5. The topological polar surface area (TPSA) is 0 Å². The van der Waals surface area contributed by atoms with Gasteiger partial charge in [0, 0.05) is 0 Å². The largest absolute Gasteiger partial charge is 0.0651 e. The molecule has 0 radical (unpaired) electrons. The van der Waals surface area contributed by atoms with Crippen molar-refractivity contribution in [2.75, 3.05) is 0 Å². The predicted molar refractivity (Wildman–Crippen MR) is 50.8 cm³/mol. The van der Waals surface area contributed by atoms with Gasteiger partial charge in [0.1, 0.15) is 0 Å². The van der Waals surface area contributed by atoms with Gasteiger partial charge in [-0.1, -0.05) is 26.7 Å². The predicted octanol–water partition coefficient (Wildman–Crippen LogP) is 3.32. The quantitative estimate of drug-likeness (QED) is 0.557. The highest BCUT2D eigenvalue weighted by atomic mass is 14.7. The van der Waals surface area contributed by atoms with Crippen molar-refractivity contribution < 1.29 is 0 Å². The molecule has 0 aromatic rings. The molecule has 68 valence electrons. The first-order chi connectivity index (χ1) is 5.83. The van der Waals surface area contributed by atoms with Crippen molar-refractivity contribution in [2.45, 2.75) is 39.5 Å². The fourth-order valence-electron chi connectivity index (χ4n) is 4.34. The van der Waals surface area contributed by atoms with Gasteiger partial charge < -0.3 is 0 Å². The van der Waals surface area contributed by atoms with Crippen molar-refractivity contribution in [3.63, 3.8) is 0 Å². The van der Waals surface area contributed by atoms with Crippen LogP contribution >= 0.6 is 0 Å². The molecule has 3 aliphatic carbocycles. The molecule has 0 heterocycles. The lowest BCUT2D eigenvalue weighted by Gasteiger charge is -2.43. The number of hydrogen-bond acceptors (Lipinski definition) is 0. The van der Waals surface area contributed by atoms with Gasteiger partial charge in [-0.05, 0) is 48.3 Å². The van der Waals surface area contributed by atoms with E-state index in [1.165, 1.54) is 30.1 Å². The van der Waals surface area contributed by atoms with E-state index in [1.807, 2.05) is 0 Å². The molecule has 0 bridgehead atoms. The number of hydrogen-bond donors (Lipinski definition) is 0. The van der Waals surface area contributed by atoms with Crippen LogP contribution in [0.4, 0.5) is 0 Å². The minimum atomic E-state index is 1.10. The summed E-state index contributed by atoms with van der Waals surface area (Å²) in [6.45, 7) is 4.85. The van der Waals surface area contributed by atoms with Gasteiger partial charge in [-0.3, -0.25) is 0 Å². The Labute approximate surface area is 75.7 Å². The summed E-state index contributed by atoms with van der Waals surface area (Å²) in [4.78, 5) is 0. The third-order valence-electron chi connectivity index (χ3n) is 5.15. The van der Waals surface area contributed by atoms with Crippen LogP contribution in [0.5, 0.6) is 0 Å². The molecule has 0 amide bonds. The Morgan fingerprint density at radius 3 is 2.58 bits per heavy atom. The van der Waals surface area contributed by atoms with Crippen molar-refractivity contribution in [1.29, 1.82) is 0 Å². The van der Waals surface area contributed by atoms with Gasteiger partial charge in [0.25, 0.3) is 0 Å². The average molecular weight is 164 g/mol. The second-order valence-electron chi connectivity index (χ2n) is 5.43. The molecule has 0 spiro atoms. The summed E-state index contributed by atoms with van der Waals surface area (Å²) in [5.74, 6) is 6.99. The summed E-state index contributed by atoms with van der Waals surface area (Å²) in [6, 6.07) is 0. The van der Waals surface area contributed by atoms with Gasteiger partial charge in [0.05, 0.1) is 0 Å². The van der Waals surface area contributed by atoms with Crippen molar-refractivity contribution >= 4 is 0 Å². The molecule has 3 aliphatic rings. The molecule has 0 aromatic carbocycles. The van der Waals surface area contributed by atoms with Crippen LogP contribution in [-0.2, 0) is 0 Å². The van der Waals surface area contributed by atoms with Crippen LogP contribution in [0.15, 0.2) is 0 Å². The van der Waals surface area contributed by atoms with Crippen LogP contribution in [0.25, 0.3) is 0 Å². The smallest absolute Gasteiger partial charge is 0.0321 e. The Bertz CT molecular complexity index is 196. The molecule has 3 saturated carbocycles. The zero-order valence-corrected chi connectivity index (χ0v) is 8.29. The van der Waals surface area contributed by atoms with Crippen molar-refractivity contribution in [2.24, 2.45) is 35.5 Å². The molecule has 0 nitrogen and oxygen atoms in total. The molecule has 0 aromatic heterocycles. The summed E-state index contributed by atoms with van der Waals surface area (Å²) in [7, 11) is 0. The van der Waals surface area contributed by atoms with Gasteiger partial charge in [-0.15, -0.1) is 0 Å². The maximum absolute atomic E-state index is 2.48. The Morgan fingerprint density at radius 2 is 1.83 bits per heavy atom. The third-order valence-corrected chi connectivity index (χ3v) is 5.15. The van der Waals surface area contributed by atoms with E-state index in [4.69, 9.17) is 0 Å². The van der Waals surface area contributed by atoms with Gasteiger partial charge in [-0.2, -0.15) is 0 Å². The maximum atomic E-state index is 2.48. The van der Waals surface area contributed by atoms with E-state index in [2.05, 4.69) is 13.8 Å². The monoisotopic (exact) mass is 164 g/mol. The highest BCUT2D eigenvalue weighted by Crippen LogP contribution is 2.72. The van der Waals surface area contributed by atoms with E-state index in [1.54, 1.807) is 19.3 Å². The summed E-state index contributed by atoms with van der Waals surface area (Å²) in [6.07, 6.45) is 6.16. The standard InChI is InChI=1S/C12H20/c1-3-8-4-5-9-10(6-8)12-7(2)11(9)12/h7-12H,3-6H2,1-2H3. The zero-order valence-electron chi connectivity index (χ0n) is 8.29. The second-order valence-corrected chi connectivity index (χ2v) is 5.43. The minimum absolute atomic E-state index is 1.10. The first kappa shape index (κ1) is 7.41. The van der Waals surface area contributed by atoms with Gasteiger partial charge in [0.15, 0.2) is 0 Å².